The van der Waals surface area contributed by atoms with Crippen LogP contribution in [0, 0.1) is 11.8 Å². The van der Waals surface area contributed by atoms with Gasteiger partial charge in [-0.2, -0.15) is 0 Å². The van der Waals surface area contributed by atoms with Gasteiger partial charge in [0, 0.05) is 0 Å². The molecule has 0 amide bonds. The molecule has 84 valence electrons. The summed E-state index contributed by atoms with van der Waals surface area (Å²) in [7, 11) is 0. The van der Waals surface area contributed by atoms with E-state index in [1.807, 2.05) is 0 Å². The average molecular weight is 199 g/mol. The third kappa shape index (κ3) is 2.71. The van der Waals surface area contributed by atoms with Crippen molar-refractivity contribution >= 4 is 0 Å². The highest BCUT2D eigenvalue weighted by Gasteiger charge is 2.36. The van der Waals surface area contributed by atoms with E-state index in [9.17, 15) is 5.11 Å². The Bertz CT molecular complexity index is 162. The largest absolute Gasteiger partial charge is 0.390 e. The van der Waals surface area contributed by atoms with Crippen molar-refractivity contribution in [1.82, 2.24) is 5.32 Å². The monoisotopic (exact) mass is 199 g/mol. The van der Waals surface area contributed by atoms with Crippen LogP contribution in [0.15, 0.2) is 0 Å². The number of nitrogens with one attached hydrogen (secondary N) is 1. The van der Waals surface area contributed by atoms with E-state index < -0.39 is 5.60 Å². The van der Waals surface area contributed by atoms with Crippen molar-refractivity contribution in [3.05, 3.63) is 0 Å². The van der Waals surface area contributed by atoms with Crippen molar-refractivity contribution < 1.29 is 5.11 Å². The fourth-order valence-electron chi connectivity index (χ4n) is 2.41. The van der Waals surface area contributed by atoms with Gasteiger partial charge in [0.2, 0.25) is 0 Å². The molecule has 3 unspecified atom stereocenters. The minimum Gasteiger partial charge on any atom is -0.390 e. The Balaban J connectivity index is 2.60. The predicted octanol–water partition coefficient (Wildman–Crippen LogP) is 2.17. The third-order valence-corrected chi connectivity index (χ3v) is 4.04. The Morgan fingerprint density at radius 1 is 1.29 bits per heavy atom. The molecule has 2 heteroatoms. The van der Waals surface area contributed by atoms with E-state index in [-0.39, 0.29) is 0 Å². The molecule has 3 atom stereocenters. The van der Waals surface area contributed by atoms with Crippen molar-refractivity contribution in [2.24, 2.45) is 11.8 Å². The summed E-state index contributed by atoms with van der Waals surface area (Å²) in [6.07, 6.45) is 4.15. The topological polar surface area (TPSA) is 32.3 Å². The number of hydrogen-bond acceptors (Lipinski definition) is 2. The molecule has 0 saturated carbocycles. The summed E-state index contributed by atoms with van der Waals surface area (Å²) < 4.78 is 0. The normalized spacial score (nSPS) is 33.4. The van der Waals surface area contributed by atoms with Crippen LogP contribution in [0.3, 0.4) is 0 Å². The zero-order valence-electron chi connectivity index (χ0n) is 9.84. The lowest BCUT2D eigenvalue weighted by Gasteiger charge is -2.36. The summed E-state index contributed by atoms with van der Waals surface area (Å²) in [6.45, 7) is 8.70. The second-order valence-electron chi connectivity index (χ2n) is 4.88. The first-order chi connectivity index (χ1) is 6.60. The Kier molecular flexibility index (Phi) is 4.39. The molecule has 1 fully saturated rings. The average Bonchev–Trinajstić information content (AvgIpc) is 2.41. The molecule has 0 aliphatic carbocycles. The fraction of sp³-hybridized carbons (Fsp3) is 1.00. The molecule has 1 aliphatic heterocycles. The van der Waals surface area contributed by atoms with Gasteiger partial charge >= 0.3 is 0 Å². The van der Waals surface area contributed by atoms with Crippen LogP contribution < -0.4 is 5.32 Å². The summed E-state index contributed by atoms with van der Waals surface area (Å²) in [5, 5.41) is 13.9. The van der Waals surface area contributed by atoms with Crippen LogP contribution >= 0.6 is 0 Å². The second-order valence-corrected chi connectivity index (χ2v) is 4.88. The molecular formula is C12H25NO. The number of rotatable bonds is 3. The molecule has 1 saturated heterocycles. The van der Waals surface area contributed by atoms with Crippen molar-refractivity contribution in [2.75, 3.05) is 13.1 Å². The van der Waals surface area contributed by atoms with Crippen molar-refractivity contribution in [2.45, 2.75) is 52.1 Å². The highest BCUT2D eigenvalue weighted by molar-refractivity contribution is 4.88. The summed E-state index contributed by atoms with van der Waals surface area (Å²) >= 11 is 0. The first-order valence-corrected chi connectivity index (χ1v) is 6.03. The maximum Gasteiger partial charge on any atom is 0.0688 e. The lowest BCUT2D eigenvalue weighted by atomic mass is 9.75. The van der Waals surface area contributed by atoms with Gasteiger partial charge in [-0.1, -0.05) is 27.2 Å². The maximum absolute atomic E-state index is 10.6. The molecule has 0 aromatic carbocycles. The molecule has 1 aliphatic rings. The smallest absolute Gasteiger partial charge is 0.0688 e. The van der Waals surface area contributed by atoms with Gasteiger partial charge in [0.1, 0.15) is 0 Å². The van der Waals surface area contributed by atoms with Crippen LogP contribution in [-0.4, -0.2) is 23.8 Å². The minimum atomic E-state index is -0.418. The summed E-state index contributed by atoms with van der Waals surface area (Å²) in [4.78, 5) is 0. The quantitative estimate of drug-likeness (QED) is 0.730. The van der Waals surface area contributed by atoms with Gasteiger partial charge in [-0.25, -0.2) is 0 Å². The molecule has 2 nitrogen and oxygen atoms in total. The Morgan fingerprint density at radius 3 is 2.64 bits per heavy atom. The maximum atomic E-state index is 10.6. The molecule has 2 N–H and O–H groups in total. The van der Waals surface area contributed by atoms with E-state index >= 15 is 0 Å². The van der Waals surface area contributed by atoms with E-state index in [0.717, 1.165) is 38.8 Å². The molecule has 0 spiro atoms. The van der Waals surface area contributed by atoms with Crippen LogP contribution in [0.4, 0.5) is 0 Å². The predicted molar refractivity (Wildman–Crippen MR) is 60.3 cm³/mol. The first-order valence-electron chi connectivity index (χ1n) is 6.03. The van der Waals surface area contributed by atoms with Gasteiger partial charge < -0.3 is 10.4 Å². The third-order valence-electron chi connectivity index (χ3n) is 4.04. The van der Waals surface area contributed by atoms with Crippen molar-refractivity contribution in [1.29, 1.82) is 0 Å². The molecule has 1 rings (SSSR count). The van der Waals surface area contributed by atoms with Gasteiger partial charge in [-0.05, 0) is 44.2 Å². The number of hydrogen-bond donors (Lipinski definition) is 2. The molecule has 0 aromatic rings. The van der Waals surface area contributed by atoms with E-state index in [1.165, 1.54) is 0 Å². The molecule has 14 heavy (non-hydrogen) atoms. The van der Waals surface area contributed by atoms with Gasteiger partial charge in [0.25, 0.3) is 0 Å². The zero-order valence-corrected chi connectivity index (χ0v) is 9.84. The number of aliphatic hydroxyl groups is 1. The minimum absolute atomic E-state index is 0.418. The standard InChI is InChI=1S/C12H25NO/c1-4-10(2)11(3)12(14)6-5-8-13-9-7-12/h10-11,13-14H,4-9H2,1-3H3. The van der Waals surface area contributed by atoms with Crippen LogP contribution in [0.1, 0.15) is 46.5 Å². The van der Waals surface area contributed by atoms with Gasteiger partial charge in [-0.15, -0.1) is 0 Å². The van der Waals surface area contributed by atoms with Crippen LogP contribution in [0.2, 0.25) is 0 Å². The Morgan fingerprint density at radius 2 is 2.00 bits per heavy atom. The summed E-state index contributed by atoms with van der Waals surface area (Å²) in [5.74, 6) is 1.05. The molecular weight excluding hydrogens is 174 g/mol. The lowest BCUT2D eigenvalue weighted by molar-refractivity contribution is -0.0425. The Hall–Kier alpha value is -0.0800. The van der Waals surface area contributed by atoms with Crippen LogP contribution in [0.25, 0.3) is 0 Å². The first kappa shape index (κ1) is 12.0. The summed E-state index contributed by atoms with van der Waals surface area (Å²) in [6, 6.07) is 0. The lowest BCUT2D eigenvalue weighted by Crippen LogP contribution is -2.40. The van der Waals surface area contributed by atoms with E-state index in [4.69, 9.17) is 0 Å². The van der Waals surface area contributed by atoms with Crippen molar-refractivity contribution in [3.8, 4) is 0 Å². The van der Waals surface area contributed by atoms with Crippen molar-refractivity contribution in [3.63, 3.8) is 0 Å². The van der Waals surface area contributed by atoms with Crippen LogP contribution in [-0.2, 0) is 0 Å². The van der Waals surface area contributed by atoms with E-state index in [2.05, 4.69) is 26.1 Å². The Labute approximate surface area is 88.1 Å². The highest BCUT2D eigenvalue weighted by atomic mass is 16.3. The molecule has 0 aromatic heterocycles. The molecule has 1 heterocycles. The van der Waals surface area contributed by atoms with Gasteiger partial charge in [0.15, 0.2) is 0 Å². The highest BCUT2D eigenvalue weighted by Crippen LogP contribution is 2.34. The summed E-state index contributed by atoms with van der Waals surface area (Å²) in [5.41, 5.74) is -0.418. The van der Waals surface area contributed by atoms with E-state index in [0.29, 0.717) is 11.8 Å². The zero-order chi connectivity index (χ0) is 10.6. The fourth-order valence-corrected chi connectivity index (χ4v) is 2.41. The van der Waals surface area contributed by atoms with E-state index in [1.54, 1.807) is 0 Å². The molecule has 0 bridgehead atoms. The van der Waals surface area contributed by atoms with Crippen LogP contribution in [0.5, 0.6) is 0 Å². The SMILES string of the molecule is CCC(C)C(C)C1(O)CCCNCC1. The van der Waals surface area contributed by atoms with Gasteiger partial charge in [-0.3, -0.25) is 0 Å². The second kappa shape index (κ2) is 5.13. The van der Waals surface area contributed by atoms with Gasteiger partial charge in [0.05, 0.1) is 5.60 Å². The molecule has 0 radical (unpaired) electrons.